The smallest absolute Gasteiger partial charge is 0.248 e. The Morgan fingerprint density at radius 2 is 1.89 bits per heavy atom. The van der Waals surface area contributed by atoms with Crippen LogP contribution in [0.4, 0.5) is 14.6 Å². The van der Waals surface area contributed by atoms with Crippen molar-refractivity contribution in [1.29, 1.82) is 0 Å². The number of nitrogens with one attached hydrogen (secondary N) is 1. The molecule has 12 heteroatoms. The van der Waals surface area contributed by atoms with Gasteiger partial charge in [-0.2, -0.15) is 13.9 Å². The average Bonchev–Trinajstić information content (AvgIpc) is 3.23. The first kappa shape index (κ1) is 25.1. The molecule has 0 saturated carbocycles. The fourth-order valence-corrected chi connectivity index (χ4v) is 6.63. The van der Waals surface area contributed by atoms with Crippen LogP contribution in [0.15, 0.2) is 64.1 Å². The topological polar surface area (TPSA) is 79.6 Å². The molecule has 0 aliphatic carbocycles. The Hall–Kier alpha value is -2.60. The minimum atomic E-state index is -4.31. The largest absolute Gasteiger partial charge is 0.370 e. The average molecular weight is 597 g/mol. The molecule has 2 aromatic carbocycles. The van der Waals surface area contributed by atoms with E-state index in [0.29, 0.717) is 39.6 Å². The third kappa shape index (κ3) is 4.72. The molecule has 1 saturated heterocycles. The number of halogens is 4. The van der Waals surface area contributed by atoms with Crippen molar-refractivity contribution in [3.05, 3.63) is 75.9 Å². The van der Waals surface area contributed by atoms with Crippen LogP contribution in [-0.4, -0.2) is 47.0 Å². The van der Waals surface area contributed by atoms with E-state index in [1.165, 1.54) is 0 Å². The Bertz CT molecular complexity index is 1530. The van der Waals surface area contributed by atoms with Crippen molar-refractivity contribution < 1.29 is 17.2 Å². The van der Waals surface area contributed by atoms with Crippen LogP contribution in [0, 0.1) is 17.6 Å². The Morgan fingerprint density at radius 1 is 1.14 bits per heavy atom. The number of nitrogens with zero attached hydrogens (tertiary/aromatic N) is 4. The van der Waals surface area contributed by atoms with Crippen molar-refractivity contribution in [3.63, 3.8) is 0 Å². The van der Waals surface area contributed by atoms with E-state index < -0.39 is 26.6 Å². The maximum atomic E-state index is 14.2. The third-order valence-corrected chi connectivity index (χ3v) is 8.96. The van der Waals surface area contributed by atoms with E-state index in [9.17, 15) is 17.2 Å². The lowest BCUT2D eigenvalue weighted by molar-refractivity contribution is 0.273. The highest BCUT2D eigenvalue weighted by Gasteiger charge is 2.34. The van der Waals surface area contributed by atoms with E-state index in [0.717, 1.165) is 34.5 Å². The molecule has 4 aromatic rings. The molecular weight excluding hydrogens is 576 g/mol. The summed E-state index contributed by atoms with van der Waals surface area (Å²) in [5.41, 5.74) is 2.01. The summed E-state index contributed by atoms with van der Waals surface area (Å²) in [5.74, 6) is -1.62. The van der Waals surface area contributed by atoms with Gasteiger partial charge in [0, 0.05) is 36.3 Å². The molecule has 0 spiro atoms. The van der Waals surface area contributed by atoms with Gasteiger partial charge in [-0.3, -0.25) is 0 Å². The van der Waals surface area contributed by atoms with Crippen LogP contribution in [0.5, 0.6) is 0 Å². The van der Waals surface area contributed by atoms with Gasteiger partial charge in [-0.15, -0.1) is 0 Å². The highest BCUT2D eigenvalue weighted by molar-refractivity contribution is 9.10. The number of hydrogen-bond acceptors (Lipinski definition) is 5. The van der Waals surface area contributed by atoms with Crippen LogP contribution in [0.2, 0.25) is 5.02 Å². The molecule has 7 nitrogen and oxygen atoms in total. The number of fused-ring (bicyclic) bond motifs is 1. The Kier molecular flexibility index (Phi) is 6.99. The van der Waals surface area contributed by atoms with Crippen LogP contribution in [0.25, 0.3) is 16.9 Å². The van der Waals surface area contributed by atoms with E-state index in [4.69, 9.17) is 11.6 Å². The second-order valence-electron chi connectivity index (χ2n) is 8.54. The lowest BCUT2D eigenvalue weighted by atomic mass is 10.00. The molecule has 1 unspecified atom stereocenters. The fourth-order valence-electron chi connectivity index (χ4n) is 4.39. The van der Waals surface area contributed by atoms with Crippen molar-refractivity contribution in [2.75, 3.05) is 25.0 Å². The van der Waals surface area contributed by atoms with Gasteiger partial charge in [0.05, 0.1) is 16.4 Å². The lowest BCUT2D eigenvalue weighted by Gasteiger charge is -2.32. The number of hydrogen-bond donors (Lipinski definition) is 1. The zero-order valence-electron chi connectivity index (χ0n) is 18.8. The molecule has 188 valence electrons. The van der Waals surface area contributed by atoms with E-state index >= 15 is 0 Å². The number of aromatic nitrogens is 3. The minimum absolute atomic E-state index is 0.0886. The number of benzene rings is 2. The van der Waals surface area contributed by atoms with Gasteiger partial charge in [0.15, 0.2) is 10.5 Å². The maximum Gasteiger partial charge on any atom is 0.248 e. The first-order valence-corrected chi connectivity index (χ1v) is 13.8. The summed E-state index contributed by atoms with van der Waals surface area (Å²) in [6, 6.07) is 12.3. The van der Waals surface area contributed by atoms with Crippen molar-refractivity contribution in [3.8, 4) is 11.3 Å². The van der Waals surface area contributed by atoms with Crippen LogP contribution in [0.3, 0.4) is 0 Å². The van der Waals surface area contributed by atoms with Gasteiger partial charge in [-0.1, -0.05) is 35.9 Å². The first-order valence-electron chi connectivity index (χ1n) is 11.2. The minimum Gasteiger partial charge on any atom is -0.370 e. The quantitative estimate of drug-likeness (QED) is 0.313. The zero-order chi connectivity index (χ0) is 25.4. The highest BCUT2D eigenvalue weighted by atomic mass is 79.9. The van der Waals surface area contributed by atoms with Crippen molar-refractivity contribution in [1.82, 2.24) is 18.9 Å². The van der Waals surface area contributed by atoms with E-state index in [1.54, 1.807) is 16.8 Å². The van der Waals surface area contributed by atoms with Crippen molar-refractivity contribution in [2.24, 2.45) is 5.92 Å². The predicted octanol–water partition coefficient (Wildman–Crippen LogP) is 5.60. The van der Waals surface area contributed by atoms with Gasteiger partial charge in [0.1, 0.15) is 17.5 Å². The third-order valence-electron chi connectivity index (χ3n) is 6.15. The molecule has 0 bridgehead atoms. The summed E-state index contributed by atoms with van der Waals surface area (Å²) in [5, 5.41) is 8.30. The van der Waals surface area contributed by atoms with Gasteiger partial charge in [0.2, 0.25) is 10.0 Å². The van der Waals surface area contributed by atoms with Crippen LogP contribution in [-0.2, 0) is 10.0 Å². The summed E-state index contributed by atoms with van der Waals surface area (Å²) in [7, 11) is -4.31. The van der Waals surface area contributed by atoms with E-state index in [-0.39, 0.29) is 19.0 Å². The predicted molar refractivity (Wildman–Crippen MR) is 137 cm³/mol. The van der Waals surface area contributed by atoms with Gasteiger partial charge < -0.3 is 5.32 Å². The molecule has 1 fully saturated rings. The molecule has 2 aromatic heterocycles. The summed E-state index contributed by atoms with van der Waals surface area (Å²) >= 11 is 9.87. The molecular formula is C24H21BrClF2N5O2S. The van der Waals surface area contributed by atoms with E-state index in [2.05, 4.69) is 31.3 Å². The highest BCUT2D eigenvalue weighted by Crippen LogP contribution is 2.31. The molecule has 1 atom stereocenters. The molecule has 36 heavy (non-hydrogen) atoms. The van der Waals surface area contributed by atoms with Gasteiger partial charge in [-0.05, 0) is 52.9 Å². The second kappa shape index (κ2) is 10.0. The van der Waals surface area contributed by atoms with Gasteiger partial charge >= 0.3 is 0 Å². The number of piperidine rings is 1. The van der Waals surface area contributed by atoms with Gasteiger partial charge in [-0.25, -0.2) is 22.2 Å². The first-order chi connectivity index (χ1) is 17.3. The molecule has 0 radical (unpaired) electrons. The number of anilines is 1. The summed E-state index contributed by atoms with van der Waals surface area (Å²) in [6.45, 7) is 0.761. The molecule has 1 aliphatic heterocycles. The Morgan fingerprint density at radius 3 is 2.64 bits per heavy atom. The van der Waals surface area contributed by atoms with E-state index in [1.807, 2.05) is 24.3 Å². The Labute approximate surface area is 220 Å². The second-order valence-corrected chi connectivity index (χ2v) is 11.7. The van der Waals surface area contributed by atoms with Crippen LogP contribution >= 0.6 is 27.5 Å². The zero-order valence-corrected chi connectivity index (χ0v) is 22.0. The molecule has 5 rings (SSSR count). The molecule has 3 heterocycles. The van der Waals surface area contributed by atoms with Crippen LogP contribution < -0.4 is 5.32 Å². The monoisotopic (exact) mass is 595 g/mol. The SMILES string of the molecule is O=S(=O)(c1c(F)cccc1F)N1CCCC(CNc2cc(-c3ccccc3Cl)nc3c(Br)cnn23)C1. The summed E-state index contributed by atoms with van der Waals surface area (Å²) < 4.78 is 58.1. The summed E-state index contributed by atoms with van der Waals surface area (Å²) in [6.07, 6.45) is 2.97. The summed E-state index contributed by atoms with van der Waals surface area (Å²) in [4.78, 5) is 3.78. The standard InChI is InChI=1S/C24H21BrClF2N5O2S/c25-17-13-30-33-22(11-21(31-24(17)33)16-6-1-2-7-18(16)26)29-12-15-5-4-10-32(14-15)36(34,35)23-19(27)8-3-9-20(23)28/h1-3,6-9,11,13,15,29H,4-5,10,12,14H2. The number of sulfonamides is 1. The molecule has 1 aliphatic rings. The van der Waals surface area contributed by atoms with Gasteiger partial charge in [0.25, 0.3) is 0 Å². The molecule has 0 amide bonds. The Balaban J connectivity index is 1.39. The van der Waals surface area contributed by atoms with Crippen LogP contribution in [0.1, 0.15) is 12.8 Å². The van der Waals surface area contributed by atoms with Crippen molar-refractivity contribution >= 4 is 49.0 Å². The normalized spacial score (nSPS) is 16.9. The molecule has 1 N–H and O–H groups in total. The maximum absolute atomic E-state index is 14.2. The fraction of sp³-hybridized carbons (Fsp3) is 0.250. The number of rotatable bonds is 6. The van der Waals surface area contributed by atoms with Crippen molar-refractivity contribution in [2.45, 2.75) is 17.7 Å². The lowest BCUT2D eigenvalue weighted by Crippen LogP contribution is -2.42.